The number of hydrogen-bond acceptors (Lipinski definition) is 3. The Labute approximate surface area is 132 Å². The molecule has 0 radical (unpaired) electrons. The Morgan fingerprint density at radius 1 is 1.27 bits per heavy atom. The summed E-state index contributed by atoms with van der Waals surface area (Å²) < 4.78 is 0. The van der Waals surface area contributed by atoms with Crippen molar-refractivity contribution >= 4 is 5.57 Å². The van der Waals surface area contributed by atoms with Crippen molar-refractivity contribution in [3.8, 4) is 0 Å². The quantitative estimate of drug-likeness (QED) is 0.845. The van der Waals surface area contributed by atoms with Crippen molar-refractivity contribution < 1.29 is 0 Å². The first-order valence-corrected chi connectivity index (χ1v) is 7.87. The molecule has 3 nitrogen and oxygen atoms in total. The third-order valence-electron chi connectivity index (χ3n) is 4.41. The summed E-state index contributed by atoms with van der Waals surface area (Å²) in [6.07, 6.45) is 7.60. The Morgan fingerprint density at radius 2 is 2.09 bits per heavy atom. The van der Waals surface area contributed by atoms with E-state index in [1.807, 2.05) is 6.20 Å². The Bertz CT molecular complexity index is 674. The zero-order valence-electron chi connectivity index (χ0n) is 13.6. The second kappa shape index (κ2) is 6.41. The fraction of sp³-hybridized carbons (Fsp3) is 0.368. The highest BCUT2D eigenvalue weighted by Crippen LogP contribution is 2.42. The normalized spacial score (nSPS) is 15.3. The molecule has 0 saturated heterocycles. The molecular formula is C19H23N3. The van der Waals surface area contributed by atoms with Crippen LogP contribution in [0.25, 0.3) is 5.57 Å². The predicted molar refractivity (Wildman–Crippen MR) is 90.7 cm³/mol. The van der Waals surface area contributed by atoms with Crippen LogP contribution >= 0.6 is 0 Å². The van der Waals surface area contributed by atoms with Crippen molar-refractivity contribution in [2.45, 2.75) is 25.7 Å². The van der Waals surface area contributed by atoms with Crippen LogP contribution in [0.3, 0.4) is 0 Å². The molecule has 0 spiro atoms. The molecule has 0 bridgehead atoms. The predicted octanol–water partition coefficient (Wildman–Crippen LogP) is 3.54. The van der Waals surface area contributed by atoms with Crippen LogP contribution < -0.4 is 0 Å². The van der Waals surface area contributed by atoms with E-state index in [0.29, 0.717) is 0 Å². The number of rotatable bonds is 5. The van der Waals surface area contributed by atoms with Gasteiger partial charge in [0, 0.05) is 31.1 Å². The molecular weight excluding hydrogens is 272 g/mol. The highest BCUT2D eigenvalue weighted by Gasteiger charge is 2.26. The van der Waals surface area contributed by atoms with Gasteiger partial charge in [-0.05, 0) is 43.6 Å². The second-order valence-corrected chi connectivity index (χ2v) is 6.26. The first kappa shape index (κ1) is 14.9. The van der Waals surface area contributed by atoms with Crippen LogP contribution in [0.2, 0.25) is 0 Å². The van der Waals surface area contributed by atoms with E-state index >= 15 is 0 Å². The molecule has 1 aromatic carbocycles. The first-order chi connectivity index (χ1) is 10.7. The van der Waals surface area contributed by atoms with Crippen LogP contribution in [0.15, 0.2) is 48.4 Å². The molecule has 0 unspecified atom stereocenters. The Balaban J connectivity index is 1.99. The monoisotopic (exact) mass is 295 g/mol. The fourth-order valence-electron chi connectivity index (χ4n) is 3.26. The van der Waals surface area contributed by atoms with Gasteiger partial charge in [-0.2, -0.15) is 0 Å². The van der Waals surface area contributed by atoms with Crippen molar-refractivity contribution in [1.29, 1.82) is 0 Å². The molecule has 1 heterocycles. The van der Waals surface area contributed by atoms with E-state index in [-0.39, 0.29) is 5.92 Å². The van der Waals surface area contributed by atoms with Crippen molar-refractivity contribution in [3.05, 3.63) is 65.2 Å². The smallest absolute Gasteiger partial charge is 0.0658 e. The van der Waals surface area contributed by atoms with Crippen LogP contribution in [-0.4, -0.2) is 35.5 Å². The molecule has 22 heavy (non-hydrogen) atoms. The zero-order valence-corrected chi connectivity index (χ0v) is 13.6. The maximum Gasteiger partial charge on any atom is 0.0658 e. The molecule has 114 valence electrons. The lowest BCUT2D eigenvalue weighted by atomic mass is 9.90. The molecule has 0 N–H and O–H groups in total. The summed E-state index contributed by atoms with van der Waals surface area (Å²) in [5, 5.41) is 0. The van der Waals surface area contributed by atoms with Gasteiger partial charge in [-0.1, -0.05) is 36.8 Å². The van der Waals surface area contributed by atoms with Crippen molar-refractivity contribution in [3.63, 3.8) is 0 Å². The van der Waals surface area contributed by atoms with Gasteiger partial charge in [-0.3, -0.25) is 9.97 Å². The third-order valence-corrected chi connectivity index (χ3v) is 4.41. The average Bonchev–Trinajstić information content (AvgIpc) is 2.91. The van der Waals surface area contributed by atoms with Gasteiger partial charge in [0.1, 0.15) is 0 Å². The summed E-state index contributed by atoms with van der Waals surface area (Å²) >= 11 is 0. The number of fused-ring (bicyclic) bond motifs is 1. The molecule has 1 aliphatic rings. The van der Waals surface area contributed by atoms with Gasteiger partial charge in [0.05, 0.1) is 5.69 Å². The Kier molecular flexibility index (Phi) is 4.34. The lowest BCUT2D eigenvalue weighted by molar-refractivity contribution is 0.412. The average molecular weight is 295 g/mol. The lowest BCUT2D eigenvalue weighted by Gasteiger charge is -2.17. The second-order valence-electron chi connectivity index (χ2n) is 6.26. The van der Waals surface area contributed by atoms with E-state index in [4.69, 9.17) is 0 Å². The highest BCUT2D eigenvalue weighted by molar-refractivity contribution is 5.80. The molecule has 2 aromatic rings. The SMILES string of the molecule is C[C@H](C1=C(CCN(C)[14CH3])Cc2ccccc21)c1cnccn1. The van der Waals surface area contributed by atoms with E-state index in [0.717, 1.165) is 25.1 Å². The van der Waals surface area contributed by atoms with Crippen LogP contribution in [0.5, 0.6) is 0 Å². The maximum atomic E-state index is 4.52. The molecule has 3 rings (SSSR count). The van der Waals surface area contributed by atoms with Gasteiger partial charge < -0.3 is 4.90 Å². The number of hydrogen-bond donors (Lipinski definition) is 0. The highest BCUT2D eigenvalue weighted by atomic mass is 15.4. The standard InChI is InChI=1S/C19H23N3/c1-14(18-13-20-9-10-21-18)19-16(8-11-22(2)3)12-15-6-4-5-7-17(15)19/h4-7,9-10,13-14H,8,11-12H2,1-3H3/t14-/m0/s1/i2+2. The molecule has 0 aliphatic heterocycles. The summed E-state index contributed by atoms with van der Waals surface area (Å²) in [4.78, 5) is 11.0. The lowest BCUT2D eigenvalue weighted by Crippen LogP contribution is -2.14. The van der Waals surface area contributed by atoms with Crippen LogP contribution in [0, 0.1) is 0 Å². The topological polar surface area (TPSA) is 29.0 Å². The van der Waals surface area contributed by atoms with Gasteiger partial charge in [-0.15, -0.1) is 0 Å². The summed E-state index contributed by atoms with van der Waals surface area (Å²) in [7, 11) is 4.27. The van der Waals surface area contributed by atoms with E-state index < -0.39 is 0 Å². The van der Waals surface area contributed by atoms with Crippen molar-refractivity contribution in [1.82, 2.24) is 14.9 Å². The summed E-state index contributed by atoms with van der Waals surface area (Å²) in [6, 6.07) is 8.77. The van der Waals surface area contributed by atoms with Gasteiger partial charge in [0.15, 0.2) is 0 Å². The van der Waals surface area contributed by atoms with Crippen LogP contribution in [-0.2, 0) is 6.42 Å². The number of allylic oxidation sites excluding steroid dienone is 1. The number of nitrogens with zero attached hydrogens (tertiary/aromatic N) is 3. The van der Waals surface area contributed by atoms with Gasteiger partial charge >= 0.3 is 0 Å². The fourth-order valence-corrected chi connectivity index (χ4v) is 3.26. The maximum absolute atomic E-state index is 4.52. The Hall–Kier alpha value is -2.00. The minimum absolute atomic E-state index is 0.287. The molecule has 3 heteroatoms. The van der Waals surface area contributed by atoms with E-state index in [1.165, 1.54) is 16.7 Å². The van der Waals surface area contributed by atoms with Gasteiger partial charge in [0.25, 0.3) is 0 Å². The molecule has 1 aromatic heterocycles. The van der Waals surface area contributed by atoms with Crippen LogP contribution in [0.4, 0.5) is 0 Å². The molecule has 1 aliphatic carbocycles. The minimum atomic E-state index is 0.287. The molecule has 0 amide bonds. The summed E-state index contributed by atoms with van der Waals surface area (Å²) in [5.41, 5.74) is 6.90. The van der Waals surface area contributed by atoms with E-state index in [1.54, 1.807) is 18.0 Å². The summed E-state index contributed by atoms with van der Waals surface area (Å²) in [6.45, 7) is 3.33. The van der Waals surface area contributed by atoms with Gasteiger partial charge in [0.2, 0.25) is 0 Å². The Morgan fingerprint density at radius 3 is 2.82 bits per heavy atom. The van der Waals surface area contributed by atoms with Crippen LogP contribution in [0.1, 0.15) is 36.1 Å². The largest absolute Gasteiger partial charge is 0.309 e. The first-order valence-electron chi connectivity index (χ1n) is 7.87. The van der Waals surface area contributed by atoms with E-state index in [2.05, 4.69) is 60.2 Å². The molecule has 0 fully saturated rings. The number of benzene rings is 1. The summed E-state index contributed by atoms with van der Waals surface area (Å²) in [5.74, 6) is 0.287. The molecule has 0 saturated carbocycles. The van der Waals surface area contributed by atoms with Crippen molar-refractivity contribution in [2.24, 2.45) is 0 Å². The van der Waals surface area contributed by atoms with Crippen molar-refractivity contribution in [2.75, 3.05) is 20.6 Å². The third kappa shape index (κ3) is 2.95. The number of aromatic nitrogens is 2. The minimum Gasteiger partial charge on any atom is -0.309 e. The van der Waals surface area contributed by atoms with Gasteiger partial charge in [-0.25, -0.2) is 0 Å². The van der Waals surface area contributed by atoms with E-state index in [9.17, 15) is 0 Å². The zero-order chi connectivity index (χ0) is 15.5. The molecule has 1 atom stereocenters.